The second-order valence-corrected chi connectivity index (χ2v) is 12.1. The summed E-state index contributed by atoms with van der Waals surface area (Å²) in [6, 6.07) is 66.6. The molecular formula is C46H30. The van der Waals surface area contributed by atoms with E-state index in [0.29, 0.717) is 0 Å². The van der Waals surface area contributed by atoms with Crippen LogP contribution in [0.2, 0.25) is 0 Å². The molecule has 0 aromatic heterocycles. The van der Waals surface area contributed by atoms with Gasteiger partial charge >= 0.3 is 0 Å². The molecule has 46 heavy (non-hydrogen) atoms. The maximum atomic E-state index is 2.42. The zero-order valence-corrected chi connectivity index (χ0v) is 25.3. The predicted octanol–water partition coefficient (Wildman–Crippen LogP) is 13.0. The van der Waals surface area contributed by atoms with Crippen molar-refractivity contribution in [1.82, 2.24) is 0 Å². The van der Waals surface area contributed by atoms with E-state index in [1.54, 1.807) is 0 Å². The molecule has 0 unspecified atom stereocenters. The summed E-state index contributed by atoms with van der Waals surface area (Å²) in [6.07, 6.45) is 0. The van der Waals surface area contributed by atoms with Gasteiger partial charge < -0.3 is 0 Å². The third-order valence-corrected chi connectivity index (χ3v) is 9.44. The molecule has 0 aliphatic carbocycles. The molecule has 0 spiro atoms. The summed E-state index contributed by atoms with van der Waals surface area (Å²) in [5.74, 6) is 0. The fourth-order valence-corrected chi connectivity index (χ4v) is 7.25. The van der Waals surface area contributed by atoms with Gasteiger partial charge in [-0.1, -0.05) is 170 Å². The van der Waals surface area contributed by atoms with E-state index < -0.39 is 0 Å². The average molecular weight is 583 g/mol. The van der Waals surface area contributed by atoms with Gasteiger partial charge in [0.15, 0.2) is 0 Å². The van der Waals surface area contributed by atoms with Crippen molar-refractivity contribution in [2.45, 2.75) is 0 Å². The molecule has 0 aliphatic heterocycles. The lowest BCUT2D eigenvalue weighted by atomic mass is 9.84. The second-order valence-electron chi connectivity index (χ2n) is 12.1. The first kappa shape index (κ1) is 26.4. The van der Waals surface area contributed by atoms with Crippen molar-refractivity contribution in [3.05, 3.63) is 182 Å². The molecule has 0 atom stereocenters. The van der Waals surface area contributed by atoms with Crippen molar-refractivity contribution >= 4 is 43.1 Å². The number of fused-ring (bicyclic) bond motifs is 4. The van der Waals surface area contributed by atoms with Crippen molar-refractivity contribution < 1.29 is 0 Å². The Morgan fingerprint density at radius 3 is 1.52 bits per heavy atom. The highest BCUT2D eigenvalue weighted by molar-refractivity contribution is 6.22. The van der Waals surface area contributed by atoms with Gasteiger partial charge in [-0.25, -0.2) is 0 Å². The van der Waals surface area contributed by atoms with Gasteiger partial charge in [0.1, 0.15) is 0 Å². The summed E-state index contributed by atoms with van der Waals surface area (Å²) in [4.78, 5) is 0. The van der Waals surface area contributed by atoms with Crippen molar-refractivity contribution in [2.75, 3.05) is 0 Å². The normalized spacial score (nSPS) is 11.5. The fraction of sp³-hybridized carbons (Fsp3) is 0. The summed E-state index contributed by atoms with van der Waals surface area (Å²) in [5, 5.41) is 10.1. The zero-order valence-electron chi connectivity index (χ0n) is 25.3. The molecule has 214 valence electrons. The smallest absolute Gasteiger partial charge is 0.00262 e. The highest BCUT2D eigenvalue weighted by Gasteiger charge is 2.18. The maximum Gasteiger partial charge on any atom is -0.00262 e. The Morgan fingerprint density at radius 1 is 0.217 bits per heavy atom. The first-order chi connectivity index (χ1) is 22.8. The Morgan fingerprint density at radius 2 is 0.739 bits per heavy atom. The summed E-state index contributed by atoms with van der Waals surface area (Å²) < 4.78 is 0. The van der Waals surface area contributed by atoms with Crippen LogP contribution in [0.3, 0.4) is 0 Å². The van der Waals surface area contributed by atoms with Crippen molar-refractivity contribution in [2.24, 2.45) is 0 Å². The number of rotatable bonds is 4. The number of benzene rings is 9. The van der Waals surface area contributed by atoms with Crippen LogP contribution >= 0.6 is 0 Å². The lowest BCUT2D eigenvalue weighted by Crippen LogP contribution is -1.92. The van der Waals surface area contributed by atoms with Gasteiger partial charge in [0.2, 0.25) is 0 Å². The number of hydrogen-bond acceptors (Lipinski definition) is 0. The van der Waals surface area contributed by atoms with Gasteiger partial charge in [-0.05, 0) is 99.7 Å². The molecule has 0 heteroatoms. The van der Waals surface area contributed by atoms with Gasteiger partial charge in [-0.2, -0.15) is 0 Å². The van der Waals surface area contributed by atoms with Gasteiger partial charge in [0.05, 0.1) is 0 Å². The van der Waals surface area contributed by atoms with Gasteiger partial charge in [-0.3, -0.25) is 0 Å². The Balaban J connectivity index is 1.29. The van der Waals surface area contributed by atoms with Gasteiger partial charge in [0, 0.05) is 0 Å². The van der Waals surface area contributed by atoms with E-state index in [0.717, 1.165) is 0 Å². The van der Waals surface area contributed by atoms with Crippen LogP contribution in [0, 0.1) is 0 Å². The van der Waals surface area contributed by atoms with Crippen LogP contribution in [-0.2, 0) is 0 Å². The molecule has 0 saturated heterocycles. The first-order valence-corrected chi connectivity index (χ1v) is 15.9. The van der Waals surface area contributed by atoms with Crippen molar-refractivity contribution in [3.8, 4) is 44.5 Å². The second kappa shape index (κ2) is 10.9. The molecule has 9 aromatic rings. The predicted molar refractivity (Wildman–Crippen MR) is 198 cm³/mol. The van der Waals surface area contributed by atoms with Crippen LogP contribution in [0.1, 0.15) is 0 Å². The van der Waals surface area contributed by atoms with Crippen LogP contribution in [0.25, 0.3) is 87.6 Å². The van der Waals surface area contributed by atoms with Crippen LogP contribution in [0.15, 0.2) is 182 Å². The molecule has 9 rings (SSSR count). The third kappa shape index (κ3) is 4.38. The molecule has 0 fully saturated rings. The molecule has 9 aromatic carbocycles. The lowest BCUT2D eigenvalue weighted by molar-refractivity contribution is 1.62. The zero-order chi connectivity index (χ0) is 30.5. The van der Waals surface area contributed by atoms with Crippen LogP contribution in [-0.4, -0.2) is 0 Å². The minimum atomic E-state index is 1.22. The number of hydrogen-bond donors (Lipinski definition) is 0. The van der Waals surface area contributed by atoms with E-state index in [1.807, 2.05) is 0 Å². The molecule has 0 saturated carbocycles. The summed E-state index contributed by atoms with van der Waals surface area (Å²) >= 11 is 0. The molecular weight excluding hydrogens is 553 g/mol. The molecule has 0 nitrogen and oxygen atoms in total. The topological polar surface area (TPSA) is 0 Å². The molecule has 0 bridgehead atoms. The molecule has 0 amide bonds. The third-order valence-electron chi connectivity index (χ3n) is 9.44. The van der Waals surface area contributed by atoms with E-state index in [4.69, 9.17) is 0 Å². The van der Waals surface area contributed by atoms with E-state index in [1.165, 1.54) is 87.6 Å². The molecule has 0 aliphatic rings. The Hall–Kier alpha value is -5.98. The minimum Gasteiger partial charge on any atom is -0.0622 e. The Labute approximate surface area is 268 Å². The van der Waals surface area contributed by atoms with E-state index >= 15 is 0 Å². The quantitative estimate of drug-likeness (QED) is 0.181. The van der Waals surface area contributed by atoms with Crippen LogP contribution < -0.4 is 0 Å². The summed E-state index contributed by atoms with van der Waals surface area (Å²) in [6.45, 7) is 0. The Kier molecular flexibility index (Phi) is 6.25. The summed E-state index contributed by atoms with van der Waals surface area (Å²) in [7, 11) is 0. The Bertz CT molecular complexity index is 2550. The molecule has 0 N–H and O–H groups in total. The monoisotopic (exact) mass is 582 g/mol. The van der Waals surface area contributed by atoms with Crippen LogP contribution in [0.5, 0.6) is 0 Å². The van der Waals surface area contributed by atoms with Gasteiger partial charge in [0.25, 0.3) is 0 Å². The average Bonchev–Trinajstić information content (AvgIpc) is 3.13. The maximum absolute atomic E-state index is 2.42. The standard InChI is InChI=1S/C46H30/c1-2-13-34(14-3-1)46-42-19-9-8-18-41(42)45(35-24-21-32(22-25-35)37-26-23-31-11-4-5-15-36(31)29-37)43-28-27-38(30-44(43)46)40-20-10-16-33-12-6-7-17-39(33)40/h1-30H. The fourth-order valence-electron chi connectivity index (χ4n) is 7.25. The van der Waals surface area contributed by atoms with Crippen molar-refractivity contribution in [3.63, 3.8) is 0 Å². The highest BCUT2D eigenvalue weighted by atomic mass is 14.2. The van der Waals surface area contributed by atoms with Gasteiger partial charge in [-0.15, -0.1) is 0 Å². The first-order valence-electron chi connectivity index (χ1n) is 15.9. The van der Waals surface area contributed by atoms with E-state index in [-0.39, 0.29) is 0 Å². The van der Waals surface area contributed by atoms with E-state index in [2.05, 4.69) is 182 Å². The minimum absolute atomic E-state index is 1.22. The summed E-state index contributed by atoms with van der Waals surface area (Å²) in [5.41, 5.74) is 9.97. The lowest BCUT2D eigenvalue weighted by Gasteiger charge is -2.19. The SMILES string of the molecule is c1ccc(-c2c3ccccc3c(-c3ccc(-c4ccc5ccccc5c4)cc3)c3ccc(-c4cccc5ccccc45)cc23)cc1. The van der Waals surface area contributed by atoms with Crippen LogP contribution in [0.4, 0.5) is 0 Å². The van der Waals surface area contributed by atoms with E-state index in [9.17, 15) is 0 Å². The molecule has 0 heterocycles. The largest absolute Gasteiger partial charge is 0.0622 e. The van der Waals surface area contributed by atoms with Crippen molar-refractivity contribution in [1.29, 1.82) is 0 Å². The highest BCUT2D eigenvalue weighted by Crippen LogP contribution is 2.45. The molecule has 0 radical (unpaired) electrons.